The molecule has 1 aromatic rings. The van der Waals surface area contributed by atoms with Crippen LogP contribution in [0.15, 0.2) is 23.1 Å². The van der Waals surface area contributed by atoms with E-state index in [0.29, 0.717) is 9.26 Å². The van der Waals surface area contributed by atoms with Gasteiger partial charge in [0.25, 0.3) is 0 Å². The monoisotopic (exact) mass is 282 g/mol. The zero-order chi connectivity index (χ0) is 8.43. The summed E-state index contributed by atoms with van der Waals surface area (Å²) < 4.78 is 21.6. The fraction of sp³-hybridized carbons (Fsp3) is 0. The Hall–Kier alpha value is -0.140. The second-order valence-electron chi connectivity index (χ2n) is 1.89. The molecule has 0 amide bonds. The van der Waals surface area contributed by atoms with E-state index in [0.717, 1.165) is 0 Å². The molecule has 1 aromatic carbocycles. The van der Waals surface area contributed by atoms with Crippen LogP contribution in [0.3, 0.4) is 0 Å². The molecule has 3 nitrogen and oxygen atoms in total. The van der Waals surface area contributed by atoms with Crippen LogP contribution < -0.4 is 5.73 Å². The second-order valence-corrected chi connectivity index (χ2v) is 3.88. The Balaban J connectivity index is 3.27. The highest BCUT2D eigenvalue weighted by Gasteiger charge is 2.01. The van der Waals surface area contributed by atoms with Crippen LogP contribution >= 0.6 is 22.6 Å². The van der Waals surface area contributed by atoms with Crippen molar-refractivity contribution in [2.24, 2.45) is 0 Å². The Morgan fingerprint density at radius 1 is 1.55 bits per heavy atom. The van der Waals surface area contributed by atoms with Crippen molar-refractivity contribution in [1.82, 2.24) is 0 Å². The largest absolute Gasteiger partial charge is 0.768 e. The van der Waals surface area contributed by atoms with Crippen molar-refractivity contribution in [2.75, 3.05) is 5.73 Å². The summed E-state index contributed by atoms with van der Waals surface area (Å²) in [6, 6.07) is 4.79. The summed E-state index contributed by atoms with van der Waals surface area (Å²) in [5, 5.41) is 0. The fourth-order valence-corrected chi connectivity index (χ4v) is 2.01. The molecule has 2 N–H and O–H groups in total. The van der Waals surface area contributed by atoms with Gasteiger partial charge in [-0.25, -0.2) is 0 Å². The summed E-state index contributed by atoms with van der Waals surface area (Å²) >= 11 is -0.286. The summed E-state index contributed by atoms with van der Waals surface area (Å²) in [6.07, 6.45) is 0. The van der Waals surface area contributed by atoms with Crippen molar-refractivity contribution in [1.29, 1.82) is 0 Å². The number of rotatable bonds is 1. The highest BCUT2D eigenvalue weighted by molar-refractivity contribution is 14.1. The molecule has 60 valence electrons. The molecular formula is C6H5INO2S-. The molecule has 1 atom stereocenters. The predicted octanol–water partition coefficient (Wildman–Crippen LogP) is 1.11. The van der Waals surface area contributed by atoms with Crippen LogP contribution in [-0.2, 0) is 11.1 Å². The van der Waals surface area contributed by atoms with Crippen LogP contribution in [0.25, 0.3) is 0 Å². The van der Waals surface area contributed by atoms with Crippen LogP contribution in [-0.4, -0.2) is 8.76 Å². The first-order valence-corrected chi connectivity index (χ1v) is 4.91. The molecule has 0 aromatic heterocycles. The average Bonchev–Trinajstić information content (AvgIpc) is 1.94. The third-order valence-corrected chi connectivity index (χ3v) is 3.44. The standard InChI is InChI=1S/C6H6INO2S/c7-6-4(8)2-1-3-5(6)11(9)10/h1-3H,8H2,(H,9,10)/p-1. The summed E-state index contributed by atoms with van der Waals surface area (Å²) in [6.45, 7) is 0. The molecule has 1 rings (SSSR count). The number of hydrogen-bond acceptors (Lipinski definition) is 3. The lowest BCUT2D eigenvalue weighted by atomic mass is 10.3. The van der Waals surface area contributed by atoms with Gasteiger partial charge >= 0.3 is 0 Å². The Labute approximate surface area is 80.4 Å². The molecule has 0 aliphatic heterocycles. The minimum atomic E-state index is -2.19. The van der Waals surface area contributed by atoms with Gasteiger partial charge < -0.3 is 10.3 Å². The van der Waals surface area contributed by atoms with Crippen molar-refractivity contribution in [3.05, 3.63) is 21.8 Å². The van der Waals surface area contributed by atoms with E-state index in [2.05, 4.69) is 0 Å². The summed E-state index contributed by atoms with van der Waals surface area (Å²) in [7, 11) is 0. The van der Waals surface area contributed by atoms with Crippen molar-refractivity contribution in [3.63, 3.8) is 0 Å². The van der Waals surface area contributed by atoms with Gasteiger partial charge in [-0.15, -0.1) is 0 Å². The molecule has 11 heavy (non-hydrogen) atoms. The van der Waals surface area contributed by atoms with Crippen LogP contribution in [0, 0.1) is 3.57 Å². The minimum absolute atomic E-state index is 0.255. The maximum absolute atomic E-state index is 10.5. The van der Waals surface area contributed by atoms with Gasteiger partial charge in [0.15, 0.2) is 0 Å². The molecule has 0 aliphatic carbocycles. The molecule has 0 radical (unpaired) electrons. The van der Waals surface area contributed by atoms with Crippen LogP contribution in [0.4, 0.5) is 5.69 Å². The average molecular weight is 282 g/mol. The molecule has 0 fully saturated rings. The topological polar surface area (TPSA) is 66.2 Å². The van der Waals surface area contributed by atoms with Gasteiger partial charge in [0.05, 0.1) is 3.57 Å². The molecule has 0 saturated carbocycles. The molecule has 1 unspecified atom stereocenters. The third-order valence-electron chi connectivity index (χ3n) is 1.17. The highest BCUT2D eigenvalue weighted by atomic mass is 127. The predicted molar refractivity (Wildman–Crippen MR) is 50.8 cm³/mol. The first-order chi connectivity index (χ1) is 5.13. The van der Waals surface area contributed by atoms with Crippen molar-refractivity contribution in [3.8, 4) is 0 Å². The molecule has 0 spiro atoms. The zero-order valence-electron chi connectivity index (χ0n) is 5.41. The lowest BCUT2D eigenvalue weighted by molar-refractivity contribution is 0.536. The normalized spacial score (nSPS) is 12.9. The molecule has 5 heteroatoms. The third kappa shape index (κ3) is 1.91. The van der Waals surface area contributed by atoms with E-state index < -0.39 is 11.1 Å². The van der Waals surface area contributed by atoms with Crippen molar-refractivity contribution >= 4 is 39.4 Å². The first kappa shape index (κ1) is 8.95. The first-order valence-electron chi connectivity index (χ1n) is 2.76. The SMILES string of the molecule is Nc1cccc(S(=O)[O-])c1I. The van der Waals surface area contributed by atoms with Gasteiger partial charge in [0.2, 0.25) is 0 Å². The lowest BCUT2D eigenvalue weighted by Gasteiger charge is -2.08. The van der Waals surface area contributed by atoms with Gasteiger partial charge in [-0.3, -0.25) is 4.21 Å². The van der Waals surface area contributed by atoms with Gasteiger partial charge in [0.1, 0.15) is 0 Å². The highest BCUT2D eigenvalue weighted by Crippen LogP contribution is 2.20. The lowest BCUT2D eigenvalue weighted by Crippen LogP contribution is -1.96. The summed E-state index contributed by atoms with van der Waals surface area (Å²) in [5.74, 6) is 0. The molecule has 0 heterocycles. The molecular weight excluding hydrogens is 277 g/mol. The number of nitrogens with two attached hydrogens (primary N) is 1. The minimum Gasteiger partial charge on any atom is -0.768 e. The van der Waals surface area contributed by atoms with E-state index in [1.807, 2.05) is 22.6 Å². The number of benzene rings is 1. The van der Waals surface area contributed by atoms with Gasteiger partial charge in [-0.2, -0.15) is 0 Å². The Morgan fingerprint density at radius 2 is 2.18 bits per heavy atom. The Kier molecular flexibility index (Phi) is 2.85. The van der Waals surface area contributed by atoms with Crippen molar-refractivity contribution < 1.29 is 8.76 Å². The van der Waals surface area contributed by atoms with E-state index in [-0.39, 0.29) is 4.90 Å². The molecule has 0 bridgehead atoms. The Bertz CT molecular complexity index is 303. The van der Waals surface area contributed by atoms with Gasteiger partial charge in [-0.1, -0.05) is 6.07 Å². The smallest absolute Gasteiger partial charge is 0.0509 e. The summed E-state index contributed by atoms with van der Waals surface area (Å²) in [5.41, 5.74) is 5.97. The molecule has 0 saturated heterocycles. The van der Waals surface area contributed by atoms with Gasteiger partial charge in [0, 0.05) is 10.6 Å². The zero-order valence-corrected chi connectivity index (χ0v) is 8.39. The van der Waals surface area contributed by atoms with Crippen molar-refractivity contribution in [2.45, 2.75) is 4.90 Å². The number of halogens is 1. The second kappa shape index (κ2) is 3.51. The van der Waals surface area contributed by atoms with Crippen LogP contribution in [0.2, 0.25) is 0 Å². The Morgan fingerprint density at radius 3 is 2.64 bits per heavy atom. The maximum Gasteiger partial charge on any atom is 0.0509 e. The van der Waals surface area contributed by atoms with Gasteiger partial charge in [-0.05, 0) is 45.8 Å². The van der Waals surface area contributed by atoms with E-state index >= 15 is 0 Å². The summed E-state index contributed by atoms with van der Waals surface area (Å²) in [4.78, 5) is 0.255. The van der Waals surface area contributed by atoms with E-state index in [1.165, 1.54) is 6.07 Å². The fourth-order valence-electron chi connectivity index (χ4n) is 0.656. The maximum atomic E-state index is 10.5. The molecule has 0 aliphatic rings. The van der Waals surface area contributed by atoms with E-state index in [9.17, 15) is 8.76 Å². The van der Waals surface area contributed by atoms with Crippen LogP contribution in [0.1, 0.15) is 0 Å². The van der Waals surface area contributed by atoms with E-state index in [1.54, 1.807) is 12.1 Å². The number of nitrogen functional groups attached to an aromatic ring is 1. The number of hydrogen-bond donors (Lipinski definition) is 1. The number of anilines is 1. The van der Waals surface area contributed by atoms with Crippen LogP contribution in [0.5, 0.6) is 0 Å². The quantitative estimate of drug-likeness (QED) is 0.476. The van der Waals surface area contributed by atoms with E-state index in [4.69, 9.17) is 5.73 Å².